The standard InChI is InChI=1S/C21H26N2O3/c1-14-17-7-3-4-8-19(17)22-15(2)18(14)12-20(24)23-11-5-6-16(13-23)9-10-21(25)26/h3-4,7-8,16H,5-6,9-13H2,1-2H3,(H,25,26). The first-order valence-electron chi connectivity index (χ1n) is 9.30. The van der Waals surface area contributed by atoms with Crippen LogP contribution < -0.4 is 0 Å². The summed E-state index contributed by atoms with van der Waals surface area (Å²) in [4.78, 5) is 30.2. The molecule has 0 aliphatic carbocycles. The third-order valence-electron chi connectivity index (χ3n) is 5.45. The van der Waals surface area contributed by atoms with E-state index in [0.717, 1.165) is 47.1 Å². The minimum Gasteiger partial charge on any atom is -0.481 e. The maximum Gasteiger partial charge on any atom is 0.303 e. The number of rotatable bonds is 5. The highest BCUT2D eigenvalue weighted by Crippen LogP contribution is 2.25. The van der Waals surface area contributed by atoms with Gasteiger partial charge >= 0.3 is 5.97 Å². The molecule has 1 N–H and O–H groups in total. The summed E-state index contributed by atoms with van der Waals surface area (Å²) >= 11 is 0. The Morgan fingerprint density at radius 1 is 1.27 bits per heavy atom. The summed E-state index contributed by atoms with van der Waals surface area (Å²) in [6.07, 6.45) is 3.14. The first-order valence-corrected chi connectivity index (χ1v) is 9.30. The van der Waals surface area contributed by atoms with Crippen LogP contribution >= 0.6 is 0 Å². The fourth-order valence-corrected chi connectivity index (χ4v) is 3.95. The molecule has 2 aromatic rings. The second kappa shape index (κ2) is 7.85. The topological polar surface area (TPSA) is 70.5 Å². The van der Waals surface area contributed by atoms with Crippen LogP contribution in [0.15, 0.2) is 24.3 Å². The number of para-hydroxylation sites is 1. The Hall–Kier alpha value is -2.43. The number of carbonyl (C=O) groups is 2. The predicted molar refractivity (Wildman–Crippen MR) is 101 cm³/mol. The van der Waals surface area contributed by atoms with E-state index in [1.807, 2.05) is 36.1 Å². The second-order valence-corrected chi connectivity index (χ2v) is 7.28. The first kappa shape index (κ1) is 18.4. The van der Waals surface area contributed by atoms with Crippen LogP contribution in [-0.4, -0.2) is 40.0 Å². The Labute approximate surface area is 154 Å². The van der Waals surface area contributed by atoms with Crippen LogP contribution in [0.25, 0.3) is 10.9 Å². The Morgan fingerprint density at radius 3 is 2.81 bits per heavy atom. The lowest BCUT2D eigenvalue weighted by Gasteiger charge is -2.33. The maximum atomic E-state index is 12.9. The van der Waals surface area contributed by atoms with Crippen LogP contribution in [0.5, 0.6) is 0 Å². The normalized spacial score (nSPS) is 17.5. The molecule has 3 rings (SSSR count). The largest absolute Gasteiger partial charge is 0.481 e. The zero-order chi connectivity index (χ0) is 18.7. The molecule has 0 saturated carbocycles. The van der Waals surface area contributed by atoms with Crippen LogP contribution in [0.1, 0.15) is 42.5 Å². The molecule has 5 nitrogen and oxygen atoms in total. The lowest BCUT2D eigenvalue weighted by atomic mass is 9.92. The molecule has 2 heterocycles. The van der Waals surface area contributed by atoms with E-state index in [1.165, 1.54) is 0 Å². The summed E-state index contributed by atoms with van der Waals surface area (Å²) in [6, 6.07) is 8.02. The van der Waals surface area contributed by atoms with Crippen molar-refractivity contribution in [2.24, 2.45) is 5.92 Å². The summed E-state index contributed by atoms with van der Waals surface area (Å²) < 4.78 is 0. The van der Waals surface area contributed by atoms with Crippen molar-refractivity contribution < 1.29 is 14.7 Å². The minimum absolute atomic E-state index is 0.119. The molecule has 1 atom stereocenters. The van der Waals surface area contributed by atoms with Crippen molar-refractivity contribution >= 4 is 22.8 Å². The van der Waals surface area contributed by atoms with Gasteiger partial charge in [-0.2, -0.15) is 0 Å². The molecule has 1 aliphatic rings. The Kier molecular flexibility index (Phi) is 5.55. The van der Waals surface area contributed by atoms with Crippen molar-refractivity contribution in [3.05, 3.63) is 41.1 Å². The summed E-state index contributed by atoms with van der Waals surface area (Å²) in [5, 5.41) is 9.97. The minimum atomic E-state index is -0.762. The molecule has 138 valence electrons. The highest BCUT2D eigenvalue weighted by molar-refractivity contribution is 5.86. The van der Waals surface area contributed by atoms with Gasteiger partial charge in [-0.3, -0.25) is 14.6 Å². The maximum absolute atomic E-state index is 12.9. The van der Waals surface area contributed by atoms with Crippen LogP contribution in [0.2, 0.25) is 0 Å². The number of nitrogens with zero attached hydrogens (tertiary/aromatic N) is 2. The molecular weight excluding hydrogens is 328 g/mol. The fraction of sp³-hybridized carbons (Fsp3) is 0.476. The lowest BCUT2D eigenvalue weighted by Crippen LogP contribution is -2.41. The van der Waals surface area contributed by atoms with Gasteiger partial charge in [-0.15, -0.1) is 0 Å². The monoisotopic (exact) mass is 354 g/mol. The molecule has 1 aromatic heterocycles. The molecule has 1 unspecified atom stereocenters. The van der Waals surface area contributed by atoms with Crippen molar-refractivity contribution in [2.45, 2.75) is 46.0 Å². The number of carbonyl (C=O) groups excluding carboxylic acids is 1. The van der Waals surface area contributed by atoms with Gasteiger partial charge in [0.1, 0.15) is 0 Å². The number of benzene rings is 1. The number of carboxylic acids is 1. The third-order valence-corrected chi connectivity index (χ3v) is 5.45. The smallest absolute Gasteiger partial charge is 0.303 e. The first-order chi connectivity index (χ1) is 12.5. The Morgan fingerprint density at radius 2 is 2.04 bits per heavy atom. The number of pyridine rings is 1. The molecule has 1 aliphatic heterocycles. The van der Waals surface area contributed by atoms with Gasteiger partial charge in [0, 0.05) is 30.6 Å². The van der Waals surface area contributed by atoms with Crippen molar-refractivity contribution in [1.82, 2.24) is 9.88 Å². The number of carboxylic acid groups (broad SMARTS) is 1. The average Bonchev–Trinajstić information content (AvgIpc) is 2.63. The molecule has 1 amide bonds. The predicted octanol–water partition coefficient (Wildman–Crippen LogP) is 3.50. The zero-order valence-electron chi connectivity index (χ0n) is 15.5. The van der Waals surface area contributed by atoms with E-state index in [4.69, 9.17) is 5.11 Å². The third kappa shape index (κ3) is 4.03. The van der Waals surface area contributed by atoms with E-state index in [2.05, 4.69) is 11.9 Å². The van der Waals surface area contributed by atoms with Crippen molar-refractivity contribution in [2.75, 3.05) is 13.1 Å². The van der Waals surface area contributed by atoms with E-state index < -0.39 is 5.97 Å². The number of fused-ring (bicyclic) bond motifs is 1. The number of aliphatic carboxylic acids is 1. The highest BCUT2D eigenvalue weighted by Gasteiger charge is 2.25. The quantitative estimate of drug-likeness (QED) is 0.892. The van der Waals surface area contributed by atoms with Gasteiger partial charge in [-0.1, -0.05) is 18.2 Å². The molecule has 1 aromatic carbocycles. The molecule has 1 saturated heterocycles. The van der Waals surface area contributed by atoms with E-state index in [0.29, 0.717) is 25.3 Å². The van der Waals surface area contributed by atoms with Crippen LogP contribution in [0.4, 0.5) is 0 Å². The van der Waals surface area contributed by atoms with Crippen molar-refractivity contribution in [1.29, 1.82) is 0 Å². The molecule has 0 spiro atoms. The molecular formula is C21H26N2O3. The summed E-state index contributed by atoms with van der Waals surface area (Å²) in [5.41, 5.74) is 4.02. The number of aryl methyl sites for hydroxylation is 2. The Balaban J connectivity index is 1.73. The van der Waals surface area contributed by atoms with Gasteiger partial charge in [-0.25, -0.2) is 0 Å². The number of amides is 1. The molecule has 0 bridgehead atoms. The van der Waals surface area contributed by atoms with Crippen LogP contribution in [0, 0.1) is 19.8 Å². The summed E-state index contributed by atoms with van der Waals surface area (Å²) in [5.74, 6) is -0.351. The summed E-state index contributed by atoms with van der Waals surface area (Å²) in [6.45, 7) is 5.46. The van der Waals surface area contributed by atoms with Crippen molar-refractivity contribution in [3.8, 4) is 0 Å². The number of aromatic nitrogens is 1. The van der Waals surface area contributed by atoms with Crippen LogP contribution in [0.3, 0.4) is 0 Å². The van der Waals surface area contributed by atoms with Gasteiger partial charge < -0.3 is 10.0 Å². The molecule has 26 heavy (non-hydrogen) atoms. The van der Waals surface area contributed by atoms with E-state index in [1.54, 1.807) is 0 Å². The number of likely N-dealkylation sites (tertiary alicyclic amines) is 1. The van der Waals surface area contributed by atoms with Gasteiger partial charge in [0.15, 0.2) is 0 Å². The van der Waals surface area contributed by atoms with Gasteiger partial charge in [-0.05, 0) is 56.2 Å². The van der Waals surface area contributed by atoms with E-state index >= 15 is 0 Å². The Bertz CT molecular complexity index is 831. The number of hydrogen-bond donors (Lipinski definition) is 1. The number of piperidine rings is 1. The zero-order valence-corrected chi connectivity index (χ0v) is 15.5. The van der Waals surface area contributed by atoms with Crippen molar-refractivity contribution in [3.63, 3.8) is 0 Å². The SMILES string of the molecule is Cc1nc2ccccc2c(C)c1CC(=O)N1CCCC(CCC(=O)O)C1. The lowest BCUT2D eigenvalue weighted by molar-refractivity contribution is -0.137. The van der Waals surface area contributed by atoms with E-state index in [-0.39, 0.29) is 12.3 Å². The van der Waals surface area contributed by atoms with Gasteiger partial charge in [0.2, 0.25) is 5.91 Å². The number of hydrogen-bond acceptors (Lipinski definition) is 3. The molecule has 0 radical (unpaired) electrons. The highest BCUT2D eigenvalue weighted by atomic mass is 16.4. The van der Waals surface area contributed by atoms with Gasteiger partial charge in [0.05, 0.1) is 11.9 Å². The summed E-state index contributed by atoms with van der Waals surface area (Å²) in [7, 11) is 0. The fourth-order valence-electron chi connectivity index (χ4n) is 3.95. The molecule has 1 fully saturated rings. The van der Waals surface area contributed by atoms with E-state index in [9.17, 15) is 9.59 Å². The van der Waals surface area contributed by atoms with Crippen LogP contribution in [-0.2, 0) is 16.0 Å². The van der Waals surface area contributed by atoms with Gasteiger partial charge in [0.25, 0.3) is 0 Å². The average molecular weight is 354 g/mol. The second-order valence-electron chi connectivity index (χ2n) is 7.28. The molecule has 5 heteroatoms.